The van der Waals surface area contributed by atoms with Crippen LogP contribution < -0.4 is 4.90 Å². The number of carbonyl (C=O) groups excluding carboxylic acids is 2. The molecule has 1 aliphatic heterocycles. The van der Waals surface area contributed by atoms with Gasteiger partial charge in [-0.15, -0.1) is 0 Å². The first kappa shape index (κ1) is 17.8. The quantitative estimate of drug-likeness (QED) is 0.881. The van der Waals surface area contributed by atoms with Gasteiger partial charge in [0.25, 0.3) is 0 Å². The number of hydrogen-bond acceptors (Lipinski definition) is 3. The van der Waals surface area contributed by atoms with Gasteiger partial charge >= 0.3 is 5.97 Å². The molecular weight excluding hydrogens is 322 g/mol. The summed E-state index contributed by atoms with van der Waals surface area (Å²) in [6, 6.07) is 2.88. The third-order valence-corrected chi connectivity index (χ3v) is 4.02. The molecule has 0 aromatic heterocycles. The van der Waals surface area contributed by atoms with Crippen LogP contribution in [-0.4, -0.2) is 47.9 Å². The van der Waals surface area contributed by atoms with E-state index in [1.54, 1.807) is 0 Å². The highest BCUT2D eigenvalue weighted by Crippen LogP contribution is 2.28. The topological polar surface area (TPSA) is 77.9 Å². The molecule has 0 bridgehead atoms. The van der Waals surface area contributed by atoms with Crippen LogP contribution in [0.4, 0.5) is 14.5 Å². The fourth-order valence-electron chi connectivity index (χ4n) is 2.70. The van der Waals surface area contributed by atoms with E-state index < -0.39 is 35.3 Å². The van der Waals surface area contributed by atoms with Crippen molar-refractivity contribution >= 4 is 23.5 Å². The first-order valence-corrected chi connectivity index (χ1v) is 7.44. The highest BCUT2D eigenvalue weighted by Gasteiger charge is 2.37. The minimum Gasteiger partial charge on any atom is -0.481 e. The summed E-state index contributed by atoms with van der Waals surface area (Å²) in [6.07, 6.45) is -0.0958. The first-order chi connectivity index (χ1) is 11.2. The molecule has 1 saturated heterocycles. The molecule has 6 nitrogen and oxygen atoms in total. The highest BCUT2D eigenvalue weighted by atomic mass is 19.1. The van der Waals surface area contributed by atoms with E-state index in [1.165, 1.54) is 18.9 Å². The molecule has 0 spiro atoms. The van der Waals surface area contributed by atoms with Crippen LogP contribution in [0.15, 0.2) is 18.2 Å². The maximum absolute atomic E-state index is 13.8. The normalized spacial score (nSPS) is 18.6. The molecule has 2 atom stereocenters. The van der Waals surface area contributed by atoms with Crippen molar-refractivity contribution in [3.8, 4) is 0 Å². The molecule has 2 unspecified atom stereocenters. The molecule has 1 aliphatic rings. The summed E-state index contributed by atoms with van der Waals surface area (Å²) in [5.41, 5.74) is -0.0711. The van der Waals surface area contributed by atoms with Crippen molar-refractivity contribution in [3.05, 3.63) is 29.8 Å². The van der Waals surface area contributed by atoms with Gasteiger partial charge in [-0.05, 0) is 12.1 Å². The molecule has 1 N–H and O–H groups in total. The maximum Gasteiger partial charge on any atom is 0.308 e. The van der Waals surface area contributed by atoms with Crippen molar-refractivity contribution in [1.82, 2.24) is 4.90 Å². The monoisotopic (exact) mass is 340 g/mol. The Labute approximate surface area is 137 Å². The van der Waals surface area contributed by atoms with E-state index in [4.69, 9.17) is 5.11 Å². The van der Waals surface area contributed by atoms with E-state index in [0.717, 1.165) is 17.0 Å². The number of anilines is 1. The van der Waals surface area contributed by atoms with Crippen molar-refractivity contribution in [3.63, 3.8) is 0 Å². The molecule has 8 heteroatoms. The average Bonchev–Trinajstić information content (AvgIpc) is 2.88. The Kier molecular flexibility index (Phi) is 5.16. The minimum atomic E-state index is -1.02. The summed E-state index contributed by atoms with van der Waals surface area (Å²) < 4.78 is 26.8. The Morgan fingerprint density at radius 3 is 2.67 bits per heavy atom. The van der Waals surface area contributed by atoms with Gasteiger partial charge in [-0.1, -0.05) is 6.92 Å². The van der Waals surface area contributed by atoms with E-state index in [1.807, 2.05) is 0 Å². The Morgan fingerprint density at radius 1 is 1.42 bits per heavy atom. The van der Waals surface area contributed by atoms with E-state index >= 15 is 0 Å². The van der Waals surface area contributed by atoms with Gasteiger partial charge in [-0.25, -0.2) is 8.78 Å². The van der Waals surface area contributed by atoms with Crippen LogP contribution in [0, 0.1) is 23.5 Å². The summed E-state index contributed by atoms with van der Waals surface area (Å²) in [5, 5.41) is 8.89. The van der Waals surface area contributed by atoms with Crippen LogP contribution in [-0.2, 0) is 14.4 Å². The molecule has 0 radical (unpaired) electrons. The smallest absolute Gasteiger partial charge is 0.308 e. The summed E-state index contributed by atoms with van der Waals surface area (Å²) >= 11 is 0. The number of benzene rings is 1. The van der Waals surface area contributed by atoms with Crippen LogP contribution >= 0.6 is 0 Å². The molecule has 0 aliphatic carbocycles. The number of aliphatic carboxylic acids is 1. The molecule has 0 saturated carbocycles. The lowest BCUT2D eigenvalue weighted by molar-refractivity contribution is -0.143. The molecule has 2 rings (SSSR count). The fraction of sp³-hybridized carbons (Fsp3) is 0.438. The Hall–Kier alpha value is -2.51. The molecule has 2 amide bonds. The van der Waals surface area contributed by atoms with Gasteiger partial charge in [-0.3, -0.25) is 14.4 Å². The van der Waals surface area contributed by atoms with E-state index in [-0.39, 0.29) is 31.1 Å². The lowest BCUT2D eigenvalue weighted by Gasteiger charge is -2.23. The minimum absolute atomic E-state index is 0.0176. The van der Waals surface area contributed by atoms with Crippen molar-refractivity contribution < 1.29 is 28.3 Å². The predicted octanol–water partition coefficient (Wildman–Crippen LogP) is 1.50. The van der Waals surface area contributed by atoms with Gasteiger partial charge < -0.3 is 14.9 Å². The summed E-state index contributed by atoms with van der Waals surface area (Å²) in [6.45, 7) is 1.47. The van der Waals surface area contributed by atoms with Crippen molar-refractivity contribution in [1.29, 1.82) is 0 Å². The van der Waals surface area contributed by atoms with Gasteiger partial charge in [0, 0.05) is 32.6 Å². The number of halogens is 2. The van der Waals surface area contributed by atoms with Crippen LogP contribution in [0.5, 0.6) is 0 Å². The Bertz CT molecular complexity index is 680. The van der Waals surface area contributed by atoms with Crippen molar-refractivity contribution in [2.45, 2.75) is 13.3 Å². The third kappa shape index (κ3) is 3.69. The maximum atomic E-state index is 13.8. The molecule has 1 heterocycles. The second kappa shape index (κ2) is 6.94. The lowest BCUT2D eigenvalue weighted by atomic mass is 10.1. The first-order valence-electron chi connectivity index (χ1n) is 7.44. The Morgan fingerprint density at radius 2 is 2.08 bits per heavy atom. The number of carboxylic acids is 1. The fourth-order valence-corrected chi connectivity index (χ4v) is 2.70. The SMILES string of the molecule is CC(CN(C)C(=O)C1CC(=O)N(c2ccc(F)cc2F)C1)C(=O)O. The van der Waals surface area contributed by atoms with Crippen LogP contribution in [0.3, 0.4) is 0 Å². The molecule has 1 fully saturated rings. The average molecular weight is 340 g/mol. The van der Waals surface area contributed by atoms with Gasteiger partial charge in [0.2, 0.25) is 11.8 Å². The number of hydrogen-bond donors (Lipinski definition) is 1. The number of carbonyl (C=O) groups is 3. The molecule has 24 heavy (non-hydrogen) atoms. The second-order valence-corrected chi connectivity index (χ2v) is 5.96. The number of carboxylic acid groups (broad SMARTS) is 1. The summed E-state index contributed by atoms with van der Waals surface area (Å²) in [4.78, 5) is 37.7. The largest absolute Gasteiger partial charge is 0.481 e. The zero-order chi connectivity index (χ0) is 18.0. The standard InChI is InChI=1S/C16H18F2N2O4/c1-9(16(23)24)7-19(2)15(22)10-5-14(21)20(8-10)13-4-3-11(17)6-12(13)18/h3-4,6,9-10H,5,7-8H2,1-2H3,(H,23,24). The molecule has 1 aromatic carbocycles. The van der Waals surface area contributed by atoms with Gasteiger partial charge in [0.15, 0.2) is 0 Å². The van der Waals surface area contributed by atoms with Crippen LogP contribution in [0.25, 0.3) is 0 Å². The number of nitrogens with zero attached hydrogens (tertiary/aromatic N) is 2. The van der Waals surface area contributed by atoms with Gasteiger partial charge in [-0.2, -0.15) is 0 Å². The molecule has 1 aromatic rings. The Balaban J connectivity index is 2.08. The van der Waals surface area contributed by atoms with Gasteiger partial charge in [0.1, 0.15) is 11.6 Å². The zero-order valence-electron chi connectivity index (χ0n) is 13.3. The van der Waals surface area contributed by atoms with E-state index in [2.05, 4.69) is 0 Å². The van der Waals surface area contributed by atoms with Crippen LogP contribution in [0.1, 0.15) is 13.3 Å². The molecular formula is C16H18F2N2O4. The second-order valence-electron chi connectivity index (χ2n) is 5.96. The number of amides is 2. The predicted molar refractivity (Wildman–Crippen MR) is 81.3 cm³/mol. The van der Waals surface area contributed by atoms with E-state index in [9.17, 15) is 23.2 Å². The summed E-state index contributed by atoms with van der Waals surface area (Å²) in [7, 11) is 1.47. The van der Waals surface area contributed by atoms with Gasteiger partial charge in [0.05, 0.1) is 17.5 Å². The van der Waals surface area contributed by atoms with Crippen LogP contribution in [0.2, 0.25) is 0 Å². The summed E-state index contributed by atoms with van der Waals surface area (Å²) in [5.74, 6) is -4.87. The zero-order valence-corrected chi connectivity index (χ0v) is 13.3. The van der Waals surface area contributed by atoms with E-state index in [0.29, 0.717) is 6.07 Å². The van der Waals surface area contributed by atoms with Crippen molar-refractivity contribution in [2.24, 2.45) is 11.8 Å². The highest BCUT2D eigenvalue weighted by molar-refractivity contribution is 6.00. The lowest BCUT2D eigenvalue weighted by Crippen LogP contribution is -2.38. The number of rotatable bonds is 5. The van der Waals surface area contributed by atoms with Crippen molar-refractivity contribution in [2.75, 3.05) is 25.0 Å². The molecule has 130 valence electrons. The third-order valence-electron chi connectivity index (χ3n) is 4.02.